The number of carbonyl (C=O) groups excluding carboxylic acids is 1. The highest BCUT2D eigenvalue weighted by Gasteiger charge is 2.34. The zero-order valence-electron chi connectivity index (χ0n) is 15.1. The van der Waals surface area contributed by atoms with Gasteiger partial charge in [0.1, 0.15) is 24.7 Å². The summed E-state index contributed by atoms with van der Waals surface area (Å²) < 4.78 is 12.8. The first-order chi connectivity index (χ1) is 12.5. The van der Waals surface area contributed by atoms with E-state index >= 15 is 0 Å². The third kappa shape index (κ3) is 3.46. The Morgan fingerprint density at radius 2 is 2.27 bits per heavy atom. The number of hydrogen-bond acceptors (Lipinski definition) is 6. The van der Waals surface area contributed by atoms with Crippen molar-refractivity contribution in [3.63, 3.8) is 0 Å². The maximum Gasteiger partial charge on any atom is 0.338 e. The van der Waals surface area contributed by atoms with Crippen molar-refractivity contribution in [1.29, 1.82) is 0 Å². The smallest absolute Gasteiger partial charge is 0.338 e. The minimum Gasteiger partial charge on any atom is -0.491 e. The van der Waals surface area contributed by atoms with Crippen LogP contribution in [0.4, 0.5) is 5.95 Å². The van der Waals surface area contributed by atoms with Crippen LogP contribution in [0.1, 0.15) is 32.4 Å². The molecule has 0 radical (unpaired) electrons. The summed E-state index contributed by atoms with van der Waals surface area (Å²) in [6, 6.07) is 7.17. The van der Waals surface area contributed by atoms with Crippen LogP contribution in [0.15, 0.2) is 54.5 Å². The maximum absolute atomic E-state index is 12.7. The van der Waals surface area contributed by atoms with Crippen LogP contribution < -0.4 is 10.1 Å². The van der Waals surface area contributed by atoms with Gasteiger partial charge in [-0.2, -0.15) is 10.1 Å². The molecule has 0 spiro atoms. The minimum absolute atomic E-state index is 0.0505. The summed E-state index contributed by atoms with van der Waals surface area (Å²) in [7, 11) is 0. The molecule has 1 aromatic carbocycles. The van der Waals surface area contributed by atoms with Crippen molar-refractivity contribution < 1.29 is 14.3 Å². The van der Waals surface area contributed by atoms with Crippen molar-refractivity contribution in [2.45, 2.75) is 32.9 Å². The molecule has 2 aromatic rings. The van der Waals surface area contributed by atoms with Gasteiger partial charge in [0, 0.05) is 5.70 Å². The van der Waals surface area contributed by atoms with Gasteiger partial charge in [0.2, 0.25) is 5.95 Å². The fourth-order valence-electron chi connectivity index (χ4n) is 2.91. The first kappa shape index (κ1) is 17.7. The predicted octanol–water partition coefficient (Wildman–Crippen LogP) is 3.08. The first-order valence-electron chi connectivity index (χ1n) is 8.43. The zero-order valence-corrected chi connectivity index (χ0v) is 15.1. The number of ether oxygens (including phenoxy) is 2. The summed E-state index contributed by atoms with van der Waals surface area (Å²) in [6.07, 6.45) is 3.04. The third-order valence-corrected chi connectivity index (χ3v) is 3.89. The lowest BCUT2D eigenvalue weighted by atomic mass is 9.95. The highest BCUT2D eigenvalue weighted by Crippen LogP contribution is 2.36. The lowest BCUT2D eigenvalue weighted by molar-refractivity contribution is -0.138. The number of esters is 1. The van der Waals surface area contributed by atoms with E-state index in [-0.39, 0.29) is 12.7 Å². The average Bonchev–Trinajstić information content (AvgIpc) is 3.05. The molecule has 1 atom stereocenters. The van der Waals surface area contributed by atoms with Crippen molar-refractivity contribution in [3.8, 4) is 5.75 Å². The molecule has 0 saturated heterocycles. The van der Waals surface area contributed by atoms with Crippen molar-refractivity contribution in [2.24, 2.45) is 0 Å². The summed E-state index contributed by atoms with van der Waals surface area (Å²) in [4.78, 5) is 16.9. The molecule has 0 aliphatic carbocycles. The first-order valence-corrected chi connectivity index (χ1v) is 8.43. The van der Waals surface area contributed by atoms with Gasteiger partial charge in [-0.25, -0.2) is 9.48 Å². The van der Waals surface area contributed by atoms with Crippen molar-refractivity contribution >= 4 is 11.9 Å². The SMILES string of the molecule is C=CCOC(=O)C1=C(C)Nc2ncnn2C1c1cccc(OC(C)C)c1. The highest BCUT2D eigenvalue weighted by atomic mass is 16.5. The summed E-state index contributed by atoms with van der Waals surface area (Å²) in [6.45, 7) is 9.49. The largest absolute Gasteiger partial charge is 0.491 e. The van der Waals surface area contributed by atoms with Crippen LogP contribution in [0.25, 0.3) is 0 Å². The number of rotatable bonds is 6. The zero-order chi connectivity index (χ0) is 18.7. The Morgan fingerprint density at radius 3 is 3.00 bits per heavy atom. The lowest BCUT2D eigenvalue weighted by Crippen LogP contribution is -2.29. The number of allylic oxidation sites excluding steroid dienone is 1. The number of aromatic nitrogens is 3. The molecule has 0 saturated carbocycles. The molecular formula is C19H22N4O3. The molecular weight excluding hydrogens is 332 g/mol. The topological polar surface area (TPSA) is 78.3 Å². The van der Waals surface area contributed by atoms with E-state index in [1.165, 1.54) is 12.4 Å². The molecule has 7 heteroatoms. The van der Waals surface area contributed by atoms with Crippen molar-refractivity contribution in [1.82, 2.24) is 14.8 Å². The number of nitrogens with one attached hydrogen (secondary N) is 1. The minimum atomic E-state index is -0.457. The monoisotopic (exact) mass is 354 g/mol. The van der Waals surface area contributed by atoms with E-state index < -0.39 is 12.0 Å². The molecule has 7 nitrogen and oxygen atoms in total. The molecule has 2 heterocycles. The number of anilines is 1. The van der Waals surface area contributed by atoms with Gasteiger partial charge in [-0.05, 0) is 38.5 Å². The molecule has 136 valence electrons. The van der Waals surface area contributed by atoms with Gasteiger partial charge in [-0.1, -0.05) is 24.8 Å². The maximum atomic E-state index is 12.7. The Kier molecular flexibility index (Phi) is 5.06. The third-order valence-electron chi connectivity index (χ3n) is 3.89. The van der Waals surface area contributed by atoms with E-state index in [9.17, 15) is 4.79 Å². The number of fused-ring (bicyclic) bond motifs is 1. The van der Waals surface area contributed by atoms with Crippen LogP contribution >= 0.6 is 0 Å². The predicted molar refractivity (Wildman–Crippen MR) is 97.8 cm³/mol. The number of carbonyl (C=O) groups is 1. The average molecular weight is 354 g/mol. The van der Waals surface area contributed by atoms with Crippen LogP contribution in [0.2, 0.25) is 0 Å². The molecule has 1 unspecified atom stereocenters. The molecule has 3 rings (SSSR count). The molecule has 0 bridgehead atoms. The number of nitrogens with zero attached hydrogens (tertiary/aromatic N) is 3. The quantitative estimate of drug-likeness (QED) is 0.634. The van der Waals surface area contributed by atoms with Crippen LogP contribution in [0, 0.1) is 0 Å². The normalized spacial score (nSPS) is 16.1. The molecule has 1 aliphatic rings. The van der Waals surface area contributed by atoms with Gasteiger partial charge in [-0.3, -0.25) is 0 Å². The van der Waals surface area contributed by atoms with Gasteiger partial charge in [0.15, 0.2) is 0 Å². The number of hydrogen-bond donors (Lipinski definition) is 1. The summed E-state index contributed by atoms with van der Waals surface area (Å²) in [5.41, 5.74) is 2.02. The highest BCUT2D eigenvalue weighted by molar-refractivity contribution is 5.92. The fourth-order valence-corrected chi connectivity index (χ4v) is 2.91. The van der Waals surface area contributed by atoms with Gasteiger partial charge >= 0.3 is 5.97 Å². The molecule has 1 N–H and O–H groups in total. The van der Waals surface area contributed by atoms with E-state index in [1.807, 2.05) is 45.0 Å². The van der Waals surface area contributed by atoms with Gasteiger partial charge < -0.3 is 14.8 Å². The second-order valence-corrected chi connectivity index (χ2v) is 6.22. The van der Waals surface area contributed by atoms with Crippen LogP contribution in [0.5, 0.6) is 5.75 Å². The summed E-state index contributed by atoms with van der Waals surface area (Å²) >= 11 is 0. The van der Waals surface area contributed by atoms with Crippen molar-refractivity contribution in [3.05, 3.63) is 60.1 Å². The van der Waals surface area contributed by atoms with E-state index in [2.05, 4.69) is 22.0 Å². The van der Waals surface area contributed by atoms with Gasteiger partial charge in [0.25, 0.3) is 0 Å². The van der Waals surface area contributed by atoms with Crippen LogP contribution in [-0.2, 0) is 9.53 Å². The summed E-state index contributed by atoms with van der Waals surface area (Å²) in [5.74, 6) is 0.883. The molecule has 0 fully saturated rings. The second-order valence-electron chi connectivity index (χ2n) is 6.22. The molecule has 1 aromatic heterocycles. The van der Waals surface area contributed by atoms with E-state index in [0.717, 1.165) is 11.3 Å². The molecule has 26 heavy (non-hydrogen) atoms. The molecule has 1 aliphatic heterocycles. The Labute approximate surface area is 152 Å². The summed E-state index contributed by atoms with van der Waals surface area (Å²) in [5, 5.41) is 7.40. The van der Waals surface area contributed by atoms with Gasteiger partial charge in [-0.15, -0.1) is 0 Å². The molecule has 0 amide bonds. The lowest BCUT2D eigenvalue weighted by Gasteiger charge is -2.28. The van der Waals surface area contributed by atoms with Crippen LogP contribution in [0.3, 0.4) is 0 Å². The van der Waals surface area contributed by atoms with Crippen LogP contribution in [-0.4, -0.2) is 33.4 Å². The fraction of sp³-hybridized carbons (Fsp3) is 0.316. The standard InChI is InChI=1S/C19H22N4O3/c1-5-9-25-18(24)16-13(4)22-19-20-11-21-23(19)17(16)14-7-6-8-15(10-14)26-12(2)3/h5-8,10-12,17H,1,9H2,2-4H3,(H,20,21,22). The van der Waals surface area contributed by atoms with E-state index in [0.29, 0.717) is 17.2 Å². The number of benzene rings is 1. The Balaban J connectivity index is 2.06. The Hall–Kier alpha value is -3.09. The van der Waals surface area contributed by atoms with E-state index in [1.54, 1.807) is 4.68 Å². The Morgan fingerprint density at radius 1 is 1.46 bits per heavy atom. The van der Waals surface area contributed by atoms with Crippen molar-refractivity contribution in [2.75, 3.05) is 11.9 Å². The Bertz CT molecular complexity index is 854. The second kappa shape index (κ2) is 7.43. The van der Waals surface area contributed by atoms with E-state index in [4.69, 9.17) is 9.47 Å². The van der Waals surface area contributed by atoms with Gasteiger partial charge in [0.05, 0.1) is 11.7 Å².